The molecule has 22 heavy (non-hydrogen) atoms. The minimum absolute atomic E-state index is 0.143. The first-order valence-corrected chi connectivity index (χ1v) is 8.02. The fourth-order valence-electron chi connectivity index (χ4n) is 1.86. The summed E-state index contributed by atoms with van der Waals surface area (Å²) in [5.74, 6) is 0.713. The molecular formula is C18H29NO3. The third-order valence-electron chi connectivity index (χ3n) is 3.55. The van der Waals surface area contributed by atoms with Crippen molar-refractivity contribution in [3.63, 3.8) is 0 Å². The molecule has 0 fully saturated rings. The maximum absolute atomic E-state index is 12.3. The molecule has 1 aromatic rings. The zero-order chi connectivity index (χ0) is 16.8. The molecule has 0 saturated heterocycles. The molecule has 1 aromatic carbocycles. The van der Waals surface area contributed by atoms with Crippen molar-refractivity contribution in [2.45, 2.75) is 66.1 Å². The smallest absolute Gasteiger partial charge is 0.256 e. The lowest BCUT2D eigenvalue weighted by molar-refractivity contribution is -0.137. The third-order valence-corrected chi connectivity index (χ3v) is 3.55. The van der Waals surface area contributed by atoms with Crippen molar-refractivity contribution in [3.8, 4) is 5.75 Å². The van der Waals surface area contributed by atoms with E-state index in [0.717, 1.165) is 29.8 Å². The van der Waals surface area contributed by atoms with Gasteiger partial charge in [0.1, 0.15) is 11.4 Å². The molecule has 4 nitrogen and oxygen atoms in total. The van der Waals surface area contributed by atoms with Crippen molar-refractivity contribution in [2.24, 2.45) is 0 Å². The van der Waals surface area contributed by atoms with Crippen molar-refractivity contribution in [1.29, 1.82) is 0 Å². The molecular weight excluding hydrogens is 278 g/mol. The number of anilines is 1. The largest absolute Gasteiger partial charge is 0.490 e. The summed E-state index contributed by atoms with van der Waals surface area (Å²) >= 11 is 0. The Balaban J connectivity index is 2.74. The normalized spacial score (nSPS) is 12.8. The summed E-state index contributed by atoms with van der Waals surface area (Å²) in [6, 6.07) is 5.68. The van der Waals surface area contributed by atoms with Crippen LogP contribution in [-0.2, 0) is 9.53 Å². The molecule has 1 N–H and O–H groups in total. The molecule has 0 radical (unpaired) electrons. The van der Waals surface area contributed by atoms with Gasteiger partial charge in [-0.15, -0.1) is 0 Å². The molecule has 0 aromatic heterocycles. The van der Waals surface area contributed by atoms with Crippen LogP contribution in [0, 0.1) is 6.92 Å². The van der Waals surface area contributed by atoms with Gasteiger partial charge in [-0.2, -0.15) is 0 Å². The Hall–Kier alpha value is -1.55. The average Bonchev–Trinajstić information content (AvgIpc) is 2.47. The van der Waals surface area contributed by atoms with Gasteiger partial charge in [0.15, 0.2) is 0 Å². The standard InChI is InChI=1S/C18H29NO3/c1-7-11-21-18(5,6)17(20)19-15-9-10-16(13(3)12-15)22-14(4)8-2/h9-10,12,14H,7-8,11H2,1-6H3,(H,19,20). The topological polar surface area (TPSA) is 47.6 Å². The molecule has 1 unspecified atom stereocenters. The number of carbonyl (C=O) groups excluding carboxylic acids is 1. The summed E-state index contributed by atoms with van der Waals surface area (Å²) in [6.07, 6.45) is 2.03. The third kappa shape index (κ3) is 5.34. The first kappa shape index (κ1) is 18.5. The van der Waals surface area contributed by atoms with Gasteiger partial charge in [-0.3, -0.25) is 4.79 Å². The number of aryl methyl sites for hydroxylation is 1. The van der Waals surface area contributed by atoms with Crippen LogP contribution in [-0.4, -0.2) is 24.2 Å². The summed E-state index contributed by atoms with van der Waals surface area (Å²) in [7, 11) is 0. The summed E-state index contributed by atoms with van der Waals surface area (Å²) in [6.45, 7) is 12.3. The van der Waals surface area contributed by atoms with Crippen LogP contribution in [0.2, 0.25) is 0 Å². The van der Waals surface area contributed by atoms with Crippen LogP contribution in [0.25, 0.3) is 0 Å². The Labute approximate surface area is 134 Å². The van der Waals surface area contributed by atoms with Crippen LogP contribution in [0.1, 0.15) is 53.0 Å². The van der Waals surface area contributed by atoms with Crippen LogP contribution in [0.15, 0.2) is 18.2 Å². The second-order valence-corrected chi connectivity index (χ2v) is 6.13. The summed E-state index contributed by atoms with van der Waals surface area (Å²) in [4.78, 5) is 12.3. The van der Waals surface area contributed by atoms with E-state index in [4.69, 9.17) is 9.47 Å². The zero-order valence-corrected chi connectivity index (χ0v) is 14.7. The van der Waals surface area contributed by atoms with E-state index in [9.17, 15) is 4.79 Å². The zero-order valence-electron chi connectivity index (χ0n) is 14.7. The van der Waals surface area contributed by atoms with E-state index in [2.05, 4.69) is 12.2 Å². The second-order valence-electron chi connectivity index (χ2n) is 6.13. The Bertz CT molecular complexity index is 497. The number of carbonyl (C=O) groups is 1. The Morgan fingerprint density at radius 2 is 2.00 bits per heavy atom. The van der Waals surface area contributed by atoms with Gasteiger partial charge in [-0.05, 0) is 64.3 Å². The van der Waals surface area contributed by atoms with Gasteiger partial charge < -0.3 is 14.8 Å². The quantitative estimate of drug-likeness (QED) is 0.778. The van der Waals surface area contributed by atoms with Crippen molar-refractivity contribution in [1.82, 2.24) is 0 Å². The van der Waals surface area contributed by atoms with Gasteiger partial charge in [-0.1, -0.05) is 13.8 Å². The van der Waals surface area contributed by atoms with Gasteiger partial charge in [0.2, 0.25) is 0 Å². The molecule has 0 heterocycles. The minimum atomic E-state index is -0.837. The predicted octanol–water partition coefficient (Wildman–Crippen LogP) is 4.32. The highest BCUT2D eigenvalue weighted by atomic mass is 16.5. The number of ether oxygens (including phenoxy) is 2. The summed E-state index contributed by atoms with van der Waals surface area (Å²) < 4.78 is 11.4. The van der Waals surface area contributed by atoms with Gasteiger partial charge in [0, 0.05) is 12.3 Å². The number of benzene rings is 1. The molecule has 0 bridgehead atoms. The van der Waals surface area contributed by atoms with E-state index in [1.54, 1.807) is 13.8 Å². The first-order chi connectivity index (χ1) is 10.3. The van der Waals surface area contributed by atoms with Gasteiger partial charge in [0.05, 0.1) is 6.10 Å². The second kappa shape index (κ2) is 8.18. The van der Waals surface area contributed by atoms with Crippen LogP contribution in [0.4, 0.5) is 5.69 Å². The Morgan fingerprint density at radius 1 is 1.32 bits per heavy atom. The number of nitrogens with one attached hydrogen (secondary N) is 1. The van der Waals surface area contributed by atoms with Crippen LogP contribution in [0.3, 0.4) is 0 Å². The first-order valence-electron chi connectivity index (χ1n) is 8.02. The van der Waals surface area contributed by atoms with E-state index in [1.807, 2.05) is 39.0 Å². The van der Waals surface area contributed by atoms with Crippen LogP contribution >= 0.6 is 0 Å². The minimum Gasteiger partial charge on any atom is -0.490 e. The molecule has 0 saturated carbocycles. The molecule has 1 atom stereocenters. The highest BCUT2D eigenvalue weighted by molar-refractivity contribution is 5.96. The fraction of sp³-hybridized carbons (Fsp3) is 0.611. The molecule has 1 amide bonds. The van der Waals surface area contributed by atoms with Crippen molar-refractivity contribution in [2.75, 3.05) is 11.9 Å². The summed E-state index contributed by atoms with van der Waals surface area (Å²) in [5.41, 5.74) is 0.924. The monoisotopic (exact) mass is 307 g/mol. The molecule has 0 spiro atoms. The lowest BCUT2D eigenvalue weighted by atomic mass is 10.1. The highest BCUT2D eigenvalue weighted by Gasteiger charge is 2.28. The van der Waals surface area contributed by atoms with E-state index in [-0.39, 0.29) is 12.0 Å². The number of hydrogen-bond donors (Lipinski definition) is 1. The van der Waals surface area contributed by atoms with Crippen molar-refractivity contribution in [3.05, 3.63) is 23.8 Å². The molecule has 0 aliphatic carbocycles. The number of amides is 1. The van der Waals surface area contributed by atoms with E-state index in [0.29, 0.717) is 6.61 Å². The van der Waals surface area contributed by atoms with E-state index in [1.165, 1.54) is 0 Å². The van der Waals surface area contributed by atoms with Crippen molar-refractivity contribution < 1.29 is 14.3 Å². The number of hydrogen-bond acceptors (Lipinski definition) is 3. The average molecular weight is 307 g/mol. The van der Waals surface area contributed by atoms with Crippen LogP contribution < -0.4 is 10.1 Å². The van der Waals surface area contributed by atoms with Gasteiger partial charge in [-0.25, -0.2) is 0 Å². The highest BCUT2D eigenvalue weighted by Crippen LogP contribution is 2.24. The van der Waals surface area contributed by atoms with E-state index < -0.39 is 5.60 Å². The van der Waals surface area contributed by atoms with Crippen molar-refractivity contribution >= 4 is 11.6 Å². The molecule has 124 valence electrons. The molecule has 0 aliphatic heterocycles. The summed E-state index contributed by atoms with van der Waals surface area (Å²) in [5, 5.41) is 2.91. The fourth-order valence-corrected chi connectivity index (χ4v) is 1.86. The molecule has 4 heteroatoms. The molecule has 1 rings (SSSR count). The Morgan fingerprint density at radius 3 is 2.55 bits per heavy atom. The Kier molecular flexibility index (Phi) is 6.88. The van der Waals surface area contributed by atoms with Gasteiger partial charge >= 0.3 is 0 Å². The SMILES string of the molecule is CCCOC(C)(C)C(=O)Nc1ccc(OC(C)CC)c(C)c1. The predicted molar refractivity (Wildman–Crippen MR) is 90.5 cm³/mol. The lowest BCUT2D eigenvalue weighted by Gasteiger charge is -2.24. The van der Waals surface area contributed by atoms with Gasteiger partial charge in [0.25, 0.3) is 5.91 Å². The maximum Gasteiger partial charge on any atom is 0.256 e. The molecule has 0 aliphatic rings. The van der Waals surface area contributed by atoms with E-state index >= 15 is 0 Å². The lowest BCUT2D eigenvalue weighted by Crippen LogP contribution is -2.40. The van der Waals surface area contributed by atoms with Crippen LogP contribution in [0.5, 0.6) is 5.75 Å². The maximum atomic E-state index is 12.3. The number of rotatable bonds is 8.